The molecule has 1 aromatic rings. The smallest absolute Gasteiger partial charge is 0.223 e. The zero-order valence-corrected chi connectivity index (χ0v) is 10.8. The number of nitrogens with zero attached hydrogens (tertiary/aromatic N) is 1. The quantitative estimate of drug-likeness (QED) is 0.827. The lowest BCUT2D eigenvalue weighted by atomic mass is 10.0. The second-order valence-electron chi connectivity index (χ2n) is 3.72. The molecule has 0 aliphatic heterocycles. The van der Waals surface area contributed by atoms with Gasteiger partial charge in [0.05, 0.1) is 0 Å². The van der Waals surface area contributed by atoms with Gasteiger partial charge in [0, 0.05) is 36.9 Å². The molecule has 0 spiro atoms. The molecule has 0 radical (unpaired) electrons. The number of thiophene rings is 1. The van der Waals surface area contributed by atoms with Crippen LogP contribution in [0.15, 0.2) is 17.5 Å². The van der Waals surface area contributed by atoms with Gasteiger partial charge in [0.15, 0.2) is 0 Å². The number of hydrogen-bond donors (Lipinski definition) is 1. The van der Waals surface area contributed by atoms with Crippen LogP contribution < -0.4 is 5.73 Å². The van der Waals surface area contributed by atoms with E-state index in [-0.39, 0.29) is 11.8 Å². The van der Waals surface area contributed by atoms with Crippen molar-refractivity contribution in [3.63, 3.8) is 0 Å². The van der Waals surface area contributed by atoms with E-state index in [0.717, 1.165) is 13.1 Å². The topological polar surface area (TPSA) is 46.3 Å². The highest BCUT2D eigenvalue weighted by atomic mass is 32.1. The summed E-state index contributed by atoms with van der Waals surface area (Å²) in [6, 6.07) is 4.06. The molecule has 1 atom stereocenters. The van der Waals surface area contributed by atoms with Crippen LogP contribution in [-0.2, 0) is 4.79 Å². The lowest BCUT2D eigenvalue weighted by Crippen LogP contribution is -2.32. The maximum absolute atomic E-state index is 11.9. The van der Waals surface area contributed by atoms with Gasteiger partial charge in [-0.15, -0.1) is 11.3 Å². The molecule has 1 heterocycles. The van der Waals surface area contributed by atoms with Crippen LogP contribution in [0.1, 0.15) is 31.1 Å². The van der Waals surface area contributed by atoms with E-state index in [0.29, 0.717) is 13.0 Å². The van der Waals surface area contributed by atoms with Crippen LogP contribution >= 0.6 is 11.3 Å². The Morgan fingerprint density at radius 2 is 2.19 bits per heavy atom. The summed E-state index contributed by atoms with van der Waals surface area (Å²) in [5.41, 5.74) is 5.73. The molecule has 0 fully saturated rings. The zero-order chi connectivity index (χ0) is 12.0. The first-order valence-corrected chi connectivity index (χ1v) is 6.62. The molecule has 0 aliphatic rings. The van der Waals surface area contributed by atoms with Crippen molar-refractivity contribution in [3.05, 3.63) is 22.4 Å². The Labute approximate surface area is 101 Å². The van der Waals surface area contributed by atoms with E-state index in [1.165, 1.54) is 4.88 Å². The van der Waals surface area contributed by atoms with Gasteiger partial charge < -0.3 is 10.6 Å². The molecular formula is C12H20N2OS. The Morgan fingerprint density at radius 1 is 1.50 bits per heavy atom. The Hall–Kier alpha value is -0.870. The van der Waals surface area contributed by atoms with Crippen LogP contribution in [0.2, 0.25) is 0 Å². The number of rotatable bonds is 6. The van der Waals surface area contributed by atoms with E-state index in [4.69, 9.17) is 5.73 Å². The van der Waals surface area contributed by atoms with Crippen molar-refractivity contribution < 1.29 is 4.79 Å². The number of carbonyl (C=O) groups excluding carboxylic acids is 1. The molecule has 1 rings (SSSR count). The number of amides is 1. The van der Waals surface area contributed by atoms with Gasteiger partial charge in [0.2, 0.25) is 5.91 Å². The van der Waals surface area contributed by atoms with E-state index >= 15 is 0 Å². The zero-order valence-electron chi connectivity index (χ0n) is 9.98. The molecule has 3 nitrogen and oxygen atoms in total. The molecule has 1 aromatic heterocycles. The Morgan fingerprint density at radius 3 is 2.62 bits per heavy atom. The van der Waals surface area contributed by atoms with Crippen LogP contribution in [0, 0.1) is 0 Å². The Bertz CT molecular complexity index is 307. The van der Waals surface area contributed by atoms with Crippen molar-refractivity contribution in [2.45, 2.75) is 26.2 Å². The first kappa shape index (κ1) is 13.2. The van der Waals surface area contributed by atoms with Crippen LogP contribution in [0.25, 0.3) is 0 Å². The van der Waals surface area contributed by atoms with Crippen LogP contribution in [0.5, 0.6) is 0 Å². The summed E-state index contributed by atoms with van der Waals surface area (Å²) in [7, 11) is 0. The number of nitrogens with two attached hydrogens (primary N) is 1. The third-order valence-electron chi connectivity index (χ3n) is 2.77. The van der Waals surface area contributed by atoms with E-state index < -0.39 is 0 Å². The van der Waals surface area contributed by atoms with E-state index in [1.807, 2.05) is 30.2 Å². The summed E-state index contributed by atoms with van der Waals surface area (Å²) in [6.45, 7) is 6.09. The standard InChI is InChI=1S/C12H20N2OS/c1-3-14(4-2)12(15)8-10(9-13)11-6-5-7-16-11/h5-7,10H,3-4,8-9,13H2,1-2H3. The summed E-state index contributed by atoms with van der Waals surface area (Å²) in [5.74, 6) is 0.377. The fourth-order valence-corrected chi connectivity index (χ4v) is 2.58. The van der Waals surface area contributed by atoms with Gasteiger partial charge in [-0.05, 0) is 25.3 Å². The van der Waals surface area contributed by atoms with E-state index in [1.54, 1.807) is 11.3 Å². The highest BCUT2D eigenvalue weighted by Gasteiger charge is 2.18. The van der Waals surface area contributed by atoms with E-state index in [9.17, 15) is 4.79 Å². The maximum atomic E-state index is 11.9. The third-order valence-corrected chi connectivity index (χ3v) is 3.80. The summed E-state index contributed by atoms with van der Waals surface area (Å²) < 4.78 is 0. The molecule has 0 saturated heterocycles. The molecule has 16 heavy (non-hydrogen) atoms. The van der Waals surface area contributed by atoms with E-state index in [2.05, 4.69) is 6.07 Å². The van der Waals surface area contributed by atoms with Gasteiger partial charge in [-0.25, -0.2) is 0 Å². The molecule has 90 valence electrons. The predicted octanol–water partition coefficient (Wildman–Crippen LogP) is 2.05. The number of hydrogen-bond acceptors (Lipinski definition) is 3. The molecule has 0 bridgehead atoms. The van der Waals surface area contributed by atoms with Crippen molar-refractivity contribution in [2.24, 2.45) is 5.73 Å². The van der Waals surface area contributed by atoms with Crippen molar-refractivity contribution in [3.8, 4) is 0 Å². The Balaban J connectivity index is 2.60. The average Bonchev–Trinajstić information content (AvgIpc) is 2.81. The van der Waals surface area contributed by atoms with Crippen molar-refractivity contribution in [2.75, 3.05) is 19.6 Å². The highest BCUT2D eigenvalue weighted by Crippen LogP contribution is 2.24. The lowest BCUT2D eigenvalue weighted by Gasteiger charge is -2.21. The predicted molar refractivity (Wildman–Crippen MR) is 68.7 cm³/mol. The van der Waals surface area contributed by atoms with Gasteiger partial charge in [-0.2, -0.15) is 0 Å². The normalized spacial score (nSPS) is 12.4. The van der Waals surface area contributed by atoms with Gasteiger partial charge in [-0.1, -0.05) is 6.07 Å². The summed E-state index contributed by atoms with van der Waals surface area (Å²) in [6.07, 6.45) is 0.526. The third kappa shape index (κ3) is 3.32. The number of carbonyl (C=O) groups is 1. The molecule has 0 aromatic carbocycles. The second kappa shape index (κ2) is 6.66. The molecule has 1 amide bonds. The molecular weight excluding hydrogens is 220 g/mol. The van der Waals surface area contributed by atoms with Crippen molar-refractivity contribution in [1.29, 1.82) is 0 Å². The minimum Gasteiger partial charge on any atom is -0.343 e. The van der Waals surface area contributed by atoms with Gasteiger partial charge >= 0.3 is 0 Å². The van der Waals surface area contributed by atoms with Crippen LogP contribution in [-0.4, -0.2) is 30.4 Å². The fourth-order valence-electron chi connectivity index (χ4n) is 1.74. The highest BCUT2D eigenvalue weighted by molar-refractivity contribution is 7.10. The SMILES string of the molecule is CCN(CC)C(=O)CC(CN)c1cccs1. The minimum atomic E-state index is 0.174. The minimum absolute atomic E-state index is 0.174. The largest absolute Gasteiger partial charge is 0.343 e. The van der Waals surface area contributed by atoms with Crippen molar-refractivity contribution >= 4 is 17.2 Å². The maximum Gasteiger partial charge on any atom is 0.223 e. The molecule has 0 saturated carbocycles. The Kier molecular flexibility index (Phi) is 5.49. The molecule has 4 heteroatoms. The molecule has 1 unspecified atom stereocenters. The summed E-state index contributed by atoms with van der Waals surface area (Å²) >= 11 is 1.67. The van der Waals surface area contributed by atoms with Crippen LogP contribution in [0.4, 0.5) is 0 Å². The summed E-state index contributed by atoms with van der Waals surface area (Å²) in [4.78, 5) is 15.0. The van der Waals surface area contributed by atoms with Crippen LogP contribution in [0.3, 0.4) is 0 Å². The molecule has 2 N–H and O–H groups in total. The summed E-state index contributed by atoms with van der Waals surface area (Å²) in [5, 5.41) is 2.03. The first-order valence-electron chi connectivity index (χ1n) is 5.74. The van der Waals surface area contributed by atoms with Gasteiger partial charge in [-0.3, -0.25) is 4.79 Å². The van der Waals surface area contributed by atoms with Gasteiger partial charge in [0.25, 0.3) is 0 Å². The average molecular weight is 240 g/mol. The lowest BCUT2D eigenvalue weighted by molar-refractivity contribution is -0.131. The monoisotopic (exact) mass is 240 g/mol. The second-order valence-corrected chi connectivity index (χ2v) is 4.70. The molecule has 0 aliphatic carbocycles. The fraction of sp³-hybridized carbons (Fsp3) is 0.583. The van der Waals surface area contributed by atoms with Crippen molar-refractivity contribution in [1.82, 2.24) is 4.90 Å². The first-order chi connectivity index (χ1) is 7.72. The van der Waals surface area contributed by atoms with Gasteiger partial charge in [0.1, 0.15) is 0 Å².